The van der Waals surface area contributed by atoms with Crippen LogP contribution in [0.4, 0.5) is 0 Å². The van der Waals surface area contributed by atoms with Crippen molar-refractivity contribution in [1.29, 1.82) is 0 Å². The number of imidazole rings is 1. The fourth-order valence-corrected chi connectivity index (χ4v) is 1.25. The second-order valence-corrected chi connectivity index (χ2v) is 2.79. The molecule has 2 radical (unpaired) electrons. The van der Waals surface area contributed by atoms with Gasteiger partial charge in [-0.15, -0.1) is 0 Å². The summed E-state index contributed by atoms with van der Waals surface area (Å²) in [4.78, 5) is 8.25. The van der Waals surface area contributed by atoms with Crippen LogP contribution in [0.3, 0.4) is 0 Å². The average Bonchev–Trinajstić information content (AvgIpc) is 2.43. The Morgan fingerprint density at radius 3 is 2.85 bits per heavy atom. The Labute approximate surface area is 77.0 Å². The van der Waals surface area contributed by atoms with Gasteiger partial charge in [-0.1, -0.05) is 0 Å². The Bertz CT molecular complexity index is 452. The summed E-state index contributed by atoms with van der Waals surface area (Å²) in [6.07, 6.45) is 3.58. The van der Waals surface area contributed by atoms with E-state index in [0.29, 0.717) is 17.1 Å². The van der Waals surface area contributed by atoms with Gasteiger partial charge in [0.1, 0.15) is 7.85 Å². The largest absolute Gasteiger partial charge is 0.478 e. The molecule has 0 aliphatic heterocycles. The molecule has 4 nitrogen and oxygen atoms in total. The summed E-state index contributed by atoms with van der Waals surface area (Å²) in [5.74, 6) is 0.452. The van der Waals surface area contributed by atoms with E-state index < -0.39 is 0 Å². The summed E-state index contributed by atoms with van der Waals surface area (Å²) < 4.78 is 6.85. The number of methoxy groups -OCH3 is 1. The van der Waals surface area contributed by atoms with Gasteiger partial charge in [0.15, 0.2) is 0 Å². The van der Waals surface area contributed by atoms with E-state index in [1.165, 1.54) is 0 Å². The lowest BCUT2D eigenvalue weighted by Gasteiger charge is -2.02. The molecule has 0 saturated carbocycles. The first kappa shape index (κ1) is 8.10. The van der Waals surface area contributed by atoms with Crippen molar-refractivity contribution in [1.82, 2.24) is 14.4 Å². The zero-order valence-corrected chi connectivity index (χ0v) is 7.48. The highest BCUT2D eigenvalue weighted by atomic mass is 16.5. The Hall–Kier alpha value is -1.52. The van der Waals surface area contributed by atoms with Crippen LogP contribution in [0.5, 0.6) is 5.88 Å². The molecular formula is C8H8BN3O. The Kier molecular flexibility index (Phi) is 1.72. The minimum Gasteiger partial charge on any atom is -0.478 e. The number of aromatic nitrogens is 3. The number of nitrogens with zero attached hydrogens (tertiary/aromatic N) is 3. The van der Waals surface area contributed by atoms with Gasteiger partial charge in [-0.05, 0) is 6.92 Å². The lowest BCUT2D eigenvalue weighted by molar-refractivity contribution is 0.401. The molecule has 0 N–H and O–H groups in total. The predicted octanol–water partition coefficient (Wildman–Crippen LogP) is -0.160. The first-order valence-electron chi connectivity index (χ1n) is 3.86. The van der Waals surface area contributed by atoms with E-state index >= 15 is 0 Å². The van der Waals surface area contributed by atoms with Gasteiger partial charge in [0.05, 0.1) is 12.8 Å². The van der Waals surface area contributed by atoms with Crippen LogP contribution in [0.15, 0.2) is 12.4 Å². The maximum Gasteiger partial charge on any atom is 0.257 e. The average molecular weight is 173 g/mol. The van der Waals surface area contributed by atoms with Gasteiger partial charge in [-0.3, -0.25) is 0 Å². The van der Waals surface area contributed by atoms with E-state index in [1.807, 2.05) is 13.1 Å². The van der Waals surface area contributed by atoms with E-state index in [2.05, 4.69) is 9.97 Å². The molecular weight excluding hydrogens is 165 g/mol. The molecule has 64 valence electrons. The quantitative estimate of drug-likeness (QED) is 0.562. The van der Waals surface area contributed by atoms with Crippen LogP contribution in [0.1, 0.15) is 5.69 Å². The van der Waals surface area contributed by atoms with Crippen LogP contribution in [0.25, 0.3) is 5.65 Å². The van der Waals surface area contributed by atoms with Crippen LogP contribution in [0, 0.1) is 6.92 Å². The molecule has 2 aromatic heterocycles. The summed E-state index contributed by atoms with van der Waals surface area (Å²) in [5.41, 5.74) is 2.02. The molecule has 0 spiro atoms. The highest BCUT2D eigenvalue weighted by Crippen LogP contribution is 2.13. The smallest absolute Gasteiger partial charge is 0.257 e. The van der Waals surface area contributed by atoms with Crippen molar-refractivity contribution < 1.29 is 4.74 Å². The zero-order chi connectivity index (χ0) is 9.42. The van der Waals surface area contributed by atoms with Crippen LogP contribution in [0.2, 0.25) is 0 Å². The molecule has 2 aromatic rings. The van der Waals surface area contributed by atoms with Gasteiger partial charge in [-0.25, -0.2) is 9.97 Å². The molecule has 0 unspecified atom stereocenters. The molecule has 0 aliphatic carbocycles. The molecule has 2 rings (SSSR count). The number of hydrogen-bond donors (Lipinski definition) is 0. The molecule has 0 fully saturated rings. The van der Waals surface area contributed by atoms with Crippen molar-refractivity contribution in [2.24, 2.45) is 0 Å². The topological polar surface area (TPSA) is 39.4 Å². The van der Waals surface area contributed by atoms with E-state index in [-0.39, 0.29) is 0 Å². The third kappa shape index (κ3) is 1.26. The Balaban J connectivity index is 2.80. The number of aryl methyl sites for hydroxylation is 1. The van der Waals surface area contributed by atoms with Crippen molar-refractivity contribution in [2.45, 2.75) is 6.92 Å². The number of fused-ring (bicyclic) bond motifs is 1. The van der Waals surface area contributed by atoms with Gasteiger partial charge in [0.2, 0.25) is 5.65 Å². The lowest BCUT2D eigenvalue weighted by Crippen LogP contribution is -2.12. The lowest BCUT2D eigenvalue weighted by atomic mass is 10.1. The van der Waals surface area contributed by atoms with Gasteiger partial charge in [-0.2, -0.15) is 0 Å². The Morgan fingerprint density at radius 1 is 1.38 bits per heavy atom. The monoisotopic (exact) mass is 173 g/mol. The van der Waals surface area contributed by atoms with Gasteiger partial charge < -0.3 is 9.14 Å². The van der Waals surface area contributed by atoms with Crippen LogP contribution < -0.4 is 10.3 Å². The summed E-state index contributed by atoms with van der Waals surface area (Å²) in [6, 6.07) is 0. The number of hydrogen-bond acceptors (Lipinski definition) is 3. The van der Waals surface area contributed by atoms with E-state index in [1.54, 1.807) is 17.7 Å². The predicted molar refractivity (Wildman–Crippen MR) is 49.7 cm³/mol. The molecule has 0 aromatic carbocycles. The maximum atomic E-state index is 5.57. The minimum atomic E-state index is 0.418. The molecule has 13 heavy (non-hydrogen) atoms. The second kappa shape index (κ2) is 2.76. The third-order valence-corrected chi connectivity index (χ3v) is 1.74. The maximum absolute atomic E-state index is 5.57. The highest BCUT2D eigenvalue weighted by Gasteiger charge is 2.06. The third-order valence-electron chi connectivity index (χ3n) is 1.74. The fraction of sp³-hybridized carbons (Fsp3) is 0.250. The standard InChI is InChI=1S/C8H8BN3O/c1-5-3-12-4-6(9)11-8(13-2)7(12)10-5/h3-4H,1-2H3. The van der Waals surface area contributed by atoms with E-state index in [4.69, 9.17) is 12.6 Å². The molecule has 0 amide bonds. The first-order chi connectivity index (χ1) is 6.20. The molecule has 0 aliphatic rings. The van der Waals surface area contributed by atoms with Crippen molar-refractivity contribution >= 4 is 19.1 Å². The molecule has 5 heteroatoms. The van der Waals surface area contributed by atoms with E-state index in [9.17, 15) is 0 Å². The summed E-state index contributed by atoms with van der Waals surface area (Å²) >= 11 is 0. The van der Waals surface area contributed by atoms with Crippen molar-refractivity contribution in [2.75, 3.05) is 7.11 Å². The van der Waals surface area contributed by atoms with Crippen molar-refractivity contribution in [3.8, 4) is 5.88 Å². The SMILES string of the molecule is [B]c1cn2cc(C)nc2c(OC)n1. The van der Waals surface area contributed by atoms with Gasteiger partial charge >= 0.3 is 0 Å². The van der Waals surface area contributed by atoms with Crippen LogP contribution in [-0.4, -0.2) is 29.3 Å². The first-order valence-corrected chi connectivity index (χ1v) is 3.86. The second-order valence-electron chi connectivity index (χ2n) is 2.79. The van der Waals surface area contributed by atoms with Crippen LogP contribution >= 0.6 is 0 Å². The van der Waals surface area contributed by atoms with E-state index in [0.717, 1.165) is 5.69 Å². The van der Waals surface area contributed by atoms with Crippen molar-refractivity contribution in [3.05, 3.63) is 18.1 Å². The fourth-order valence-electron chi connectivity index (χ4n) is 1.25. The number of ether oxygens (including phenoxy) is 1. The molecule has 0 bridgehead atoms. The van der Waals surface area contributed by atoms with Gasteiger partial charge in [0, 0.05) is 18.0 Å². The summed E-state index contributed by atoms with van der Waals surface area (Å²) in [6.45, 7) is 1.91. The zero-order valence-electron chi connectivity index (χ0n) is 7.48. The molecule has 0 atom stereocenters. The van der Waals surface area contributed by atoms with Crippen molar-refractivity contribution in [3.63, 3.8) is 0 Å². The van der Waals surface area contributed by atoms with Gasteiger partial charge in [0.25, 0.3) is 5.88 Å². The van der Waals surface area contributed by atoms with Crippen LogP contribution in [-0.2, 0) is 0 Å². The highest BCUT2D eigenvalue weighted by molar-refractivity contribution is 6.30. The Morgan fingerprint density at radius 2 is 2.15 bits per heavy atom. The number of rotatable bonds is 1. The summed E-state index contributed by atoms with van der Waals surface area (Å²) in [5, 5.41) is 0. The molecule has 0 saturated heterocycles. The molecule has 2 heterocycles. The normalized spacial score (nSPS) is 10.6. The summed E-state index contributed by atoms with van der Waals surface area (Å²) in [7, 11) is 7.12. The minimum absolute atomic E-state index is 0.418.